The van der Waals surface area contributed by atoms with Crippen LogP contribution < -0.4 is 10.6 Å². The van der Waals surface area contributed by atoms with Crippen LogP contribution in [0, 0.1) is 11.3 Å². The van der Waals surface area contributed by atoms with Crippen molar-refractivity contribution in [1.82, 2.24) is 10.6 Å². The fourth-order valence-corrected chi connectivity index (χ4v) is 3.68. The summed E-state index contributed by atoms with van der Waals surface area (Å²) < 4.78 is 0. The molecular weight excluding hydrogens is 236 g/mol. The highest BCUT2D eigenvalue weighted by molar-refractivity contribution is 5.83. The number of nitrogens with one attached hydrogen (secondary N) is 2. The SMILES string of the molecule is CCC1CCC(NC(=O)C2(CC)CCCNC2)CC1. The van der Waals surface area contributed by atoms with Crippen molar-refractivity contribution < 1.29 is 4.79 Å². The van der Waals surface area contributed by atoms with Crippen LogP contribution in [0.25, 0.3) is 0 Å². The second kappa shape index (κ2) is 6.74. The van der Waals surface area contributed by atoms with Crippen LogP contribution >= 0.6 is 0 Å². The standard InChI is InChI=1S/C16H30N2O/c1-3-13-6-8-14(9-7-13)18-15(19)16(4-2)10-5-11-17-12-16/h13-14,17H,3-12H2,1-2H3,(H,18,19). The fraction of sp³-hybridized carbons (Fsp3) is 0.938. The maximum Gasteiger partial charge on any atom is 0.227 e. The van der Waals surface area contributed by atoms with Gasteiger partial charge in [0.1, 0.15) is 0 Å². The molecule has 1 unspecified atom stereocenters. The van der Waals surface area contributed by atoms with Crippen molar-refractivity contribution in [3.8, 4) is 0 Å². The maximum atomic E-state index is 12.6. The molecule has 19 heavy (non-hydrogen) atoms. The van der Waals surface area contributed by atoms with Gasteiger partial charge in [0.15, 0.2) is 0 Å². The Bertz CT molecular complexity index is 289. The van der Waals surface area contributed by atoms with Crippen LogP contribution in [0.4, 0.5) is 0 Å². The lowest BCUT2D eigenvalue weighted by Gasteiger charge is -2.38. The molecule has 1 atom stereocenters. The molecule has 0 aromatic carbocycles. The molecule has 1 amide bonds. The summed E-state index contributed by atoms with van der Waals surface area (Å²) in [6.07, 6.45) is 9.36. The van der Waals surface area contributed by atoms with Crippen LogP contribution in [0.2, 0.25) is 0 Å². The third-order valence-electron chi connectivity index (χ3n) is 5.39. The van der Waals surface area contributed by atoms with Crippen LogP contribution in [-0.4, -0.2) is 25.0 Å². The second-order valence-corrected chi connectivity index (χ2v) is 6.51. The number of rotatable bonds is 4. The van der Waals surface area contributed by atoms with Gasteiger partial charge in [-0.05, 0) is 57.4 Å². The van der Waals surface area contributed by atoms with Gasteiger partial charge in [-0.15, -0.1) is 0 Å². The van der Waals surface area contributed by atoms with Crippen LogP contribution in [0.5, 0.6) is 0 Å². The number of hydrogen-bond donors (Lipinski definition) is 2. The van der Waals surface area contributed by atoms with Crippen LogP contribution in [-0.2, 0) is 4.79 Å². The lowest BCUT2D eigenvalue weighted by Crippen LogP contribution is -2.52. The van der Waals surface area contributed by atoms with Crippen molar-refractivity contribution >= 4 is 5.91 Å². The summed E-state index contributed by atoms with van der Waals surface area (Å²) in [7, 11) is 0. The fourth-order valence-electron chi connectivity index (χ4n) is 3.68. The van der Waals surface area contributed by atoms with Crippen molar-refractivity contribution in [3.05, 3.63) is 0 Å². The van der Waals surface area contributed by atoms with E-state index in [-0.39, 0.29) is 5.41 Å². The molecule has 1 saturated heterocycles. The van der Waals surface area contributed by atoms with Crippen molar-refractivity contribution in [1.29, 1.82) is 0 Å². The lowest BCUT2D eigenvalue weighted by atomic mass is 9.76. The smallest absolute Gasteiger partial charge is 0.227 e. The predicted octanol–water partition coefficient (Wildman–Crippen LogP) is 2.85. The van der Waals surface area contributed by atoms with Gasteiger partial charge in [0.2, 0.25) is 5.91 Å². The zero-order valence-electron chi connectivity index (χ0n) is 12.6. The van der Waals surface area contributed by atoms with E-state index in [1.165, 1.54) is 32.1 Å². The van der Waals surface area contributed by atoms with E-state index in [1.54, 1.807) is 0 Å². The Kier molecular flexibility index (Phi) is 5.26. The van der Waals surface area contributed by atoms with E-state index in [0.717, 1.165) is 38.3 Å². The number of carbonyl (C=O) groups excluding carboxylic acids is 1. The van der Waals surface area contributed by atoms with Gasteiger partial charge in [-0.2, -0.15) is 0 Å². The summed E-state index contributed by atoms with van der Waals surface area (Å²) in [6, 6.07) is 0.431. The number of carbonyl (C=O) groups is 1. The first-order valence-electron chi connectivity index (χ1n) is 8.22. The molecule has 0 spiro atoms. The minimum absolute atomic E-state index is 0.139. The zero-order valence-corrected chi connectivity index (χ0v) is 12.6. The molecule has 2 rings (SSSR count). The molecule has 0 bridgehead atoms. The van der Waals surface area contributed by atoms with Crippen LogP contribution in [0.15, 0.2) is 0 Å². The highest BCUT2D eigenvalue weighted by Crippen LogP contribution is 2.32. The second-order valence-electron chi connectivity index (χ2n) is 6.51. The Morgan fingerprint density at radius 3 is 2.53 bits per heavy atom. The van der Waals surface area contributed by atoms with Gasteiger partial charge in [-0.3, -0.25) is 4.79 Å². The van der Waals surface area contributed by atoms with E-state index in [1.807, 2.05) is 0 Å². The molecule has 0 aromatic heterocycles. The van der Waals surface area contributed by atoms with E-state index in [2.05, 4.69) is 24.5 Å². The largest absolute Gasteiger partial charge is 0.353 e. The first-order valence-corrected chi connectivity index (χ1v) is 8.22. The Morgan fingerprint density at radius 1 is 1.26 bits per heavy atom. The van der Waals surface area contributed by atoms with Crippen molar-refractivity contribution in [2.75, 3.05) is 13.1 Å². The van der Waals surface area contributed by atoms with Gasteiger partial charge >= 0.3 is 0 Å². The number of piperidine rings is 1. The summed E-state index contributed by atoms with van der Waals surface area (Å²) in [4.78, 5) is 12.6. The van der Waals surface area contributed by atoms with Gasteiger partial charge in [0.05, 0.1) is 5.41 Å². The van der Waals surface area contributed by atoms with E-state index in [9.17, 15) is 4.79 Å². The van der Waals surface area contributed by atoms with Crippen molar-refractivity contribution in [2.24, 2.45) is 11.3 Å². The summed E-state index contributed by atoms with van der Waals surface area (Å²) in [5.74, 6) is 1.20. The lowest BCUT2D eigenvalue weighted by molar-refractivity contribution is -0.133. The summed E-state index contributed by atoms with van der Waals surface area (Å²) in [5, 5.41) is 6.75. The van der Waals surface area contributed by atoms with Gasteiger partial charge in [-0.25, -0.2) is 0 Å². The van der Waals surface area contributed by atoms with Crippen LogP contribution in [0.1, 0.15) is 65.2 Å². The molecule has 3 nitrogen and oxygen atoms in total. The molecule has 1 aliphatic carbocycles. The molecule has 0 aromatic rings. The minimum atomic E-state index is -0.139. The molecule has 2 aliphatic rings. The quantitative estimate of drug-likeness (QED) is 0.821. The summed E-state index contributed by atoms with van der Waals surface area (Å²) >= 11 is 0. The number of hydrogen-bond acceptors (Lipinski definition) is 2. The van der Waals surface area contributed by atoms with Gasteiger partial charge < -0.3 is 10.6 Å². The molecule has 1 aliphatic heterocycles. The number of amides is 1. The molecule has 110 valence electrons. The van der Waals surface area contributed by atoms with Gasteiger partial charge in [-0.1, -0.05) is 20.3 Å². The molecular formula is C16H30N2O. The zero-order chi connectivity index (χ0) is 13.7. The monoisotopic (exact) mass is 266 g/mol. The maximum absolute atomic E-state index is 12.6. The minimum Gasteiger partial charge on any atom is -0.353 e. The van der Waals surface area contributed by atoms with E-state index >= 15 is 0 Å². The van der Waals surface area contributed by atoms with Crippen molar-refractivity contribution in [2.45, 2.75) is 71.3 Å². The van der Waals surface area contributed by atoms with E-state index in [0.29, 0.717) is 11.9 Å². The molecule has 1 heterocycles. The molecule has 1 saturated carbocycles. The van der Waals surface area contributed by atoms with Gasteiger partial charge in [0, 0.05) is 12.6 Å². The van der Waals surface area contributed by atoms with Crippen LogP contribution in [0.3, 0.4) is 0 Å². The Hall–Kier alpha value is -0.570. The highest BCUT2D eigenvalue weighted by Gasteiger charge is 2.38. The Balaban J connectivity index is 1.86. The van der Waals surface area contributed by atoms with Crippen molar-refractivity contribution in [3.63, 3.8) is 0 Å². The highest BCUT2D eigenvalue weighted by atomic mass is 16.2. The summed E-state index contributed by atoms with van der Waals surface area (Å²) in [6.45, 7) is 6.36. The third kappa shape index (κ3) is 3.50. The first kappa shape index (κ1) is 14.8. The molecule has 0 radical (unpaired) electrons. The normalized spacial score (nSPS) is 35.9. The first-order chi connectivity index (χ1) is 9.20. The third-order valence-corrected chi connectivity index (χ3v) is 5.39. The molecule has 2 N–H and O–H groups in total. The average molecular weight is 266 g/mol. The Labute approximate surface area is 117 Å². The molecule has 2 fully saturated rings. The summed E-state index contributed by atoms with van der Waals surface area (Å²) in [5.41, 5.74) is -0.139. The molecule has 3 heteroatoms. The van der Waals surface area contributed by atoms with Gasteiger partial charge in [0.25, 0.3) is 0 Å². The average Bonchev–Trinajstić information content (AvgIpc) is 2.48. The van der Waals surface area contributed by atoms with E-state index in [4.69, 9.17) is 0 Å². The topological polar surface area (TPSA) is 41.1 Å². The predicted molar refractivity (Wildman–Crippen MR) is 79.0 cm³/mol. The Morgan fingerprint density at radius 2 is 2.00 bits per heavy atom. The van der Waals surface area contributed by atoms with E-state index < -0.39 is 0 Å².